The third-order valence-electron chi connectivity index (χ3n) is 4.45. The molecular formula is C22H22FN3O. The lowest BCUT2D eigenvalue weighted by Crippen LogP contribution is -2.20. The molecule has 27 heavy (non-hydrogen) atoms. The summed E-state index contributed by atoms with van der Waals surface area (Å²) in [6.45, 7) is 8.10. The quantitative estimate of drug-likeness (QED) is 0.734. The van der Waals surface area contributed by atoms with E-state index in [-0.39, 0.29) is 11.9 Å². The SMILES string of the molecule is Cc1cc(C)c(/C=c2/[nH]/c(=C3/C=c4cc(F)ccc4=N3)cc2OC(C)C)[nH]1. The van der Waals surface area contributed by atoms with E-state index in [4.69, 9.17) is 4.74 Å². The van der Waals surface area contributed by atoms with Gasteiger partial charge in [-0.3, -0.25) is 0 Å². The van der Waals surface area contributed by atoms with E-state index in [2.05, 4.69) is 28.0 Å². The minimum Gasteiger partial charge on any atom is -0.489 e. The molecule has 0 unspecified atom stereocenters. The summed E-state index contributed by atoms with van der Waals surface area (Å²) in [5.74, 6) is 0.508. The molecule has 1 aliphatic rings. The zero-order valence-corrected chi connectivity index (χ0v) is 15.9. The molecule has 0 aliphatic carbocycles. The molecule has 0 fully saturated rings. The fraction of sp³-hybridized carbons (Fsp3) is 0.227. The van der Waals surface area contributed by atoms with Crippen LogP contribution in [-0.4, -0.2) is 16.1 Å². The highest BCUT2D eigenvalue weighted by molar-refractivity contribution is 5.76. The molecule has 4 rings (SSSR count). The number of aromatic amines is 2. The molecule has 0 bridgehead atoms. The molecule has 1 aliphatic heterocycles. The number of H-pyrrole nitrogens is 2. The van der Waals surface area contributed by atoms with Crippen LogP contribution < -0.4 is 26.0 Å². The minimum atomic E-state index is -0.261. The zero-order chi connectivity index (χ0) is 19.1. The Morgan fingerprint density at radius 1 is 1.11 bits per heavy atom. The average Bonchev–Trinajstić information content (AvgIpc) is 3.25. The Morgan fingerprint density at radius 3 is 2.63 bits per heavy atom. The van der Waals surface area contributed by atoms with Gasteiger partial charge in [0.1, 0.15) is 11.6 Å². The van der Waals surface area contributed by atoms with E-state index < -0.39 is 0 Å². The van der Waals surface area contributed by atoms with Gasteiger partial charge in [0.15, 0.2) is 0 Å². The van der Waals surface area contributed by atoms with Crippen molar-refractivity contribution in [3.05, 3.63) is 74.4 Å². The molecular weight excluding hydrogens is 341 g/mol. The molecule has 1 aromatic carbocycles. The van der Waals surface area contributed by atoms with E-state index in [0.29, 0.717) is 0 Å². The van der Waals surface area contributed by atoms with Crippen molar-refractivity contribution in [2.75, 3.05) is 0 Å². The predicted octanol–water partition coefficient (Wildman–Crippen LogP) is 1.94. The van der Waals surface area contributed by atoms with E-state index in [1.54, 1.807) is 6.07 Å². The Labute approximate surface area is 156 Å². The summed E-state index contributed by atoms with van der Waals surface area (Å²) >= 11 is 0. The van der Waals surface area contributed by atoms with Crippen LogP contribution in [0.4, 0.5) is 4.39 Å². The van der Waals surface area contributed by atoms with Crippen molar-refractivity contribution in [2.45, 2.75) is 33.8 Å². The van der Waals surface area contributed by atoms with E-state index in [1.165, 1.54) is 17.7 Å². The Hall–Kier alpha value is -3.08. The first-order valence-electron chi connectivity index (χ1n) is 9.03. The van der Waals surface area contributed by atoms with Crippen LogP contribution >= 0.6 is 0 Å². The summed E-state index contributed by atoms with van der Waals surface area (Å²) in [5, 5.41) is 3.28. The highest BCUT2D eigenvalue weighted by atomic mass is 19.1. The van der Waals surface area contributed by atoms with Crippen molar-refractivity contribution >= 4 is 17.8 Å². The molecule has 0 saturated heterocycles. The number of ether oxygens (including phenoxy) is 1. The largest absolute Gasteiger partial charge is 0.489 e. The lowest BCUT2D eigenvalue weighted by molar-refractivity contribution is 0.240. The van der Waals surface area contributed by atoms with Crippen molar-refractivity contribution in [3.63, 3.8) is 0 Å². The second kappa shape index (κ2) is 6.58. The highest BCUT2D eigenvalue weighted by Crippen LogP contribution is 2.11. The third kappa shape index (κ3) is 3.45. The Morgan fingerprint density at radius 2 is 1.93 bits per heavy atom. The van der Waals surface area contributed by atoms with Crippen LogP contribution in [0.5, 0.6) is 5.75 Å². The number of benzene rings is 1. The van der Waals surface area contributed by atoms with Gasteiger partial charge in [-0.1, -0.05) is 0 Å². The monoisotopic (exact) mass is 363 g/mol. The van der Waals surface area contributed by atoms with Gasteiger partial charge in [-0.15, -0.1) is 0 Å². The van der Waals surface area contributed by atoms with Gasteiger partial charge in [-0.05, 0) is 69.7 Å². The first-order chi connectivity index (χ1) is 12.9. The molecule has 0 amide bonds. The number of hydrogen-bond acceptors (Lipinski definition) is 2. The topological polar surface area (TPSA) is 53.2 Å². The van der Waals surface area contributed by atoms with Gasteiger partial charge in [-0.25, -0.2) is 9.38 Å². The fourth-order valence-electron chi connectivity index (χ4n) is 3.28. The van der Waals surface area contributed by atoms with Gasteiger partial charge in [0, 0.05) is 22.7 Å². The summed E-state index contributed by atoms with van der Waals surface area (Å²) in [5.41, 5.74) is 4.09. The Kier molecular flexibility index (Phi) is 4.22. The maximum atomic E-state index is 13.5. The summed E-state index contributed by atoms with van der Waals surface area (Å²) in [6, 6.07) is 8.68. The number of fused-ring (bicyclic) bond motifs is 1. The van der Waals surface area contributed by atoms with E-state index in [1.807, 2.05) is 39.0 Å². The molecule has 0 saturated carbocycles. The number of halogens is 1. The second-order valence-electron chi connectivity index (χ2n) is 7.17. The van der Waals surface area contributed by atoms with Crippen LogP contribution in [0.25, 0.3) is 17.8 Å². The maximum Gasteiger partial charge on any atom is 0.145 e. The van der Waals surface area contributed by atoms with Crippen molar-refractivity contribution in [2.24, 2.45) is 4.99 Å². The summed E-state index contributed by atoms with van der Waals surface area (Å²) in [7, 11) is 0. The predicted molar refractivity (Wildman–Crippen MR) is 105 cm³/mol. The standard InChI is InChI=1S/C22H22FN3O/c1-12(2)27-22-11-20(19-9-15-8-16(23)5-6-17(15)25-19)26-21(22)10-18-13(3)7-14(4)24-18/h5-12,24,26H,1-4H3/b20-19-,21-10+. The number of rotatable bonds is 3. The second-order valence-corrected chi connectivity index (χ2v) is 7.17. The molecule has 2 N–H and O–H groups in total. The Balaban J connectivity index is 1.92. The maximum absolute atomic E-state index is 13.5. The van der Waals surface area contributed by atoms with Crippen LogP contribution in [0.3, 0.4) is 0 Å². The molecule has 0 spiro atoms. The zero-order valence-electron chi connectivity index (χ0n) is 15.9. The number of hydrogen-bond donors (Lipinski definition) is 2. The molecule has 3 aromatic rings. The van der Waals surface area contributed by atoms with Gasteiger partial charge in [0.25, 0.3) is 0 Å². The van der Waals surface area contributed by atoms with Crippen molar-refractivity contribution in [1.29, 1.82) is 0 Å². The normalized spacial score (nSPS) is 15.7. The number of aromatic nitrogens is 2. The van der Waals surface area contributed by atoms with Gasteiger partial charge >= 0.3 is 0 Å². The van der Waals surface area contributed by atoms with Crippen LogP contribution in [0.15, 0.2) is 35.3 Å². The number of nitrogens with zero attached hydrogens (tertiary/aromatic N) is 1. The molecule has 0 radical (unpaired) electrons. The first-order valence-corrected chi connectivity index (χ1v) is 9.03. The summed E-state index contributed by atoms with van der Waals surface area (Å²) in [4.78, 5) is 11.4. The average molecular weight is 363 g/mol. The van der Waals surface area contributed by atoms with Gasteiger partial charge < -0.3 is 14.7 Å². The van der Waals surface area contributed by atoms with Gasteiger partial charge in [-0.2, -0.15) is 0 Å². The van der Waals surface area contributed by atoms with Crippen LogP contribution in [0.1, 0.15) is 30.8 Å². The van der Waals surface area contributed by atoms with Crippen molar-refractivity contribution in [1.82, 2.24) is 9.97 Å². The molecule has 4 nitrogen and oxygen atoms in total. The minimum absolute atomic E-state index is 0.0491. The van der Waals surface area contributed by atoms with E-state index in [0.717, 1.165) is 44.1 Å². The molecule has 5 heteroatoms. The molecule has 3 heterocycles. The van der Waals surface area contributed by atoms with Crippen molar-refractivity contribution < 1.29 is 9.13 Å². The lowest BCUT2D eigenvalue weighted by Gasteiger charge is -2.06. The van der Waals surface area contributed by atoms with E-state index >= 15 is 0 Å². The first kappa shape index (κ1) is 17.3. The van der Waals surface area contributed by atoms with E-state index in [9.17, 15) is 4.39 Å². The van der Waals surface area contributed by atoms with Crippen LogP contribution in [-0.2, 0) is 0 Å². The van der Waals surface area contributed by atoms with Gasteiger partial charge in [0.2, 0.25) is 0 Å². The number of aryl methyl sites for hydroxylation is 2. The summed E-state index contributed by atoms with van der Waals surface area (Å²) in [6.07, 6.45) is 3.98. The third-order valence-corrected chi connectivity index (χ3v) is 4.45. The molecule has 0 atom stereocenters. The highest BCUT2D eigenvalue weighted by Gasteiger charge is 2.09. The summed E-state index contributed by atoms with van der Waals surface area (Å²) < 4.78 is 19.5. The van der Waals surface area contributed by atoms with Crippen molar-refractivity contribution in [3.8, 4) is 5.75 Å². The lowest BCUT2D eigenvalue weighted by atomic mass is 10.2. The fourth-order valence-corrected chi connectivity index (χ4v) is 3.28. The Bertz CT molecular complexity index is 1260. The van der Waals surface area contributed by atoms with Crippen LogP contribution in [0.2, 0.25) is 0 Å². The smallest absolute Gasteiger partial charge is 0.145 e. The molecule has 2 aromatic heterocycles. The van der Waals surface area contributed by atoms with Crippen LogP contribution in [0, 0.1) is 19.7 Å². The number of nitrogens with one attached hydrogen (secondary N) is 2. The van der Waals surface area contributed by atoms with Gasteiger partial charge in [0.05, 0.1) is 27.9 Å². The molecule has 138 valence electrons.